The molecule has 0 rings (SSSR count). The van der Waals surface area contributed by atoms with Crippen LogP contribution in [0.2, 0.25) is 0 Å². The Labute approximate surface area is 68.0 Å². The molecule has 62 valence electrons. The standard InChI is InChI=1S/C7H17ClNO/c1-9(2,3)5-7(4-8)6-10/h7,10H,4-6H2,1-3H3/q+1. The van der Waals surface area contributed by atoms with E-state index in [2.05, 4.69) is 21.1 Å². The molecule has 2 nitrogen and oxygen atoms in total. The Kier molecular flexibility index (Phi) is 4.25. The largest absolute Gasteiger partial charge is 0.396 e. The van der Waals surface area contributed by atoms with Crippen molar-refractivity contribution in [3.63, 3.8) is 0 Å². The van der Waals surface area contributed by atoms with Crippen molar-refractivity contribution in [3.05, 3.63) is 0 Å². The van der Waals surface area contributed by atoms with Gasteiger partial charge in [-0.2, -0.15) is 0 Å². The molecule has 0 amide bonds. The van der Waals surface area contributed by atoms with E-state index in [1.54, 1.807) is 0 Å². The maximum absolute atomic E-state index is 8.79. The fourth-order valence-corrected chi connectivity index (χ4v) is 1.13. The van der Waals surface area contributed by atoms with Crippen LogP contribution in [-0.2, 0) is 0 Å². The molecule has 0 aliphatic carbocycles. The van der Waals surface area contributed by atoms with Gasteiger partial charge in [0.15, 0.2) is 0 Å². The molecule has 1 N–H and O–H groups in total. The molecule has 0 heterocycles. The minimum atomic E-state index is 0.193. The maximum atomic E-state index is 8.79. The van der Waals surface area contributed by atoms with E-state index in [1.165, 1.54) is 0 Å². The number of alkyl halides is 1. The zero-order chi connectivity index (χ0) is 8.20. The Morgan fingerprint density at radius 2 is 1.90 bits per heavy atom. The topological polar surface area (TPSA) is 20.2 Å². The van der Waals surface area contributed by atoms with Crippen molar-refractivity contribution >= 4 is 11.6 Å². The molecule has 1 unspecified atom stereocenters. The second kappa shape index (κ2) is 4.16. The molecule has 3 heteroatoms. The van der Waals surface area contributed by atoms with Gasteiger partial charge in [0, 0.05) is 11.8 Å². The molecule has 10 heavy (non-hydrogen) atoms. The number of aliphatic hydroxyl groups excluding tert-OH is 1. The van der Waals surface area contributed by atoms with Gasteiger partial charge in [0.05, 0.1) is 34.3 Å². The van der Waals surface area contributed by atoms with Gasteiger partial charge in [-0.05, 0) is 0 Å². The molecule has 0 fully saturated rings. The van der Waals surface area contributed by atoms with Gasteiger partial charge in [-0.1, -0.05) is 0 Å². The zero-order valence-corrected chi connectivity index (χ0v) is 7.73. The van der Waals surface area contributed by atoms with Crippen molar-refractivity contribution in [2.45, 2.75) is 0 Å². The average Bonchev–Trinajstić information content (AvgIpc) is 1.81. The van der Waals surface area contributed by atoms with Gasteiger partial charge in [-0.25, -0.2) is 0 Å². The molecule has 0 radical (unpaired) electrons. The lowest BCUT2D eigenvalue weighted by Crippen LogP contribution is -2.40. The molecule has 1 atom stereocenters. The molecule has 0 aromatic heterocycles. The third-order valence-corrected chi connectivity index (χ3v) is 1.72. The first-order valence-corrected chi connectivity index (χ1v) is 4.00. The Morgan fingerprint density at radius 1 is 1.40 bits per heavy atom. The molecule has 0 aliphatic rings. The number of rotatable bonds is 4. The molecule has 0 spiro atoms. The van der Waals surface area contributed by atoms with Crippen molar-refractivity contribution < 1.29 is 9.59 Å². The SMILES string of the molecule is C[N+](C)(C)CC(CO)CCl. The van der Waals surface area contributed by atoms with Crippen molar-refractivity contribution in [1.29, 1.82) is 0 Å². The van der Waals surface area contributed by atoms with Crippen molar-refractivity contribution in [2.24, 2.45) is 5.92 Å². The summed E-state index contributed by atoms with van der Waals surface area (Å²) in [5.41, 5.74) is 0. The van der Waals surface area contributed by atoms with Gasteiger partial charge in [0.2, 0.25) is 0 Å². The van der Waals surface area contributed by atoms with E-state index in [4.69, 9.17) is 16.7 Å². The van der Waals surface area contributed by atoms with Gasteiger partial charge in [0.1, 0.15) is 0 Å². The van der Waals surface area contributed by atoms with Crippen molar-refractivity contribution in [3.8, 4) is 0 Å². The van der Waals surface area contributed by atoms with Crippen LogP contribution in [-0.4, -0.2) is 49.8 Å². The summed E-state index contributed by atoms with van der Waals surface area (Å²) in [6, 6.07) is 0. The highest BCUT2D eigenvalue weighted by Crippen LogP contribution is 2.03. The van der Waals surface area contributed by atoms with E-state index >= 15 is 0 Å². The van der Waals surface area contributed by atoms with Gasteiger partial charge in [0.25, 0.3) is 0 Å². The molecule has 0 aliphatic heterocycles. The minimum Gasteiger partial charge on any atom is -0.396 e. The van der Waals surface area contributed by atoms with E-state index in [9.17, 15) is 0 Å². The van der Waals surface area contributed by atoms with Crippen LogP contribution in [0.4, 0.5) is 0 Å². The Morgan fingerprint density at radius 3 is 2.00 bits per heavy atom. The zero-order valence-electron chi connectivity index (χ0n) is 6.97. The molecular formula is C7H17ClNO+. The van der Waals surface area contributed by atoms with Crippen molar-refractivity contribution in [1.82, 2.24) is 0 Å². The van der Waals surface area contributed by atoms with E-state index < -0.39 is 0 Å². The predicted molar refractivity (Wildman–Crippen MR) is 44.2 cm³/mol. The van der Waals surface area contributed by atoms with Crippen molar-refractivity contribution in [2.75, 3.05) is 40.2 Å². The van der Waals surface area contributed by atoms with Crippen LogP contribution in [0.25, 0.3) is 0 Å². The van der Waals surface area contributed by atoms with Gasteiger partial charge in [-0.15, -0.1) is 11.6 Å². The minimum absolute atomic E-state index is 0.193. The van der Waals surface area contributed by atoms with Crippen LogP contribution >= 0.6 is 11.6 Å². The number of quaternary nitrogens is 1. The summed E-state index contributed by atoms with van der Waals surface area (Å²) in [5.74, 6) is 0.785. The fraction of sp³-hybridized carbons (Fsp3) is 1.00. The normalized spacial score (nSPS) is 15.3. The number of hydrogen-bond donors (Lipinski definition) is 1. The second-order valence-electron chi connectivity index (χ2n) is 3.68. The summed E-state index contributed by atoms with van der Waals surface area (Å²) in [7, 11) is 6.28. The highest BCUT2D eigenvalue weighted by Gasteiger charge is 2.15. The Hall–Kier alpha value is 0.210. The quantitative estimate of drug-likeness (QED) is 0.478. The van der Waals surface area contributed by atoms with E-state index in [0.717, 1.165) is 11.0 Å². The molecule has 0 saturated heterocycles. The fourth-order valence-electron chi connectivity index (χ4n) is 0.930. The van der Waals surface area contributed by atoms with Crippen LogP contribution in [0.3, 0.4) is 0 Å². The summed E-state index contributed by atoms with van der Waals surface area (Å²) >= 11 is 5.60. The van der Waals surface area contributed by atoms with Crippen LogP contribution < -0.4 is 0 Å². The summed E-state index contributed by atoms with van der Waals surface area (Å²) in [6.45, 7) is 1.12. The lowest BCUT2D eigenvalue weighted by Gasteiger charge is -2.27. The second-order valence-corrected chi connectivity index (χ2v) is 3.98. The third-order valence-electron chi connectivity index (χ3n) is 1.28. The first-order chi connectivity index (χ1) is 4.49. The number of hydrogen-bond acceptors (Lipinski definition) is 1. The molecular weight excluding hydrogens is 150 g/mol. The smallest absolute Gasteiger partial charge is 0.0842 e. The maximum Gasteiger partial charge on any atom is 0.0842 e. The average molecular weight is 167 g/mol. The predicted octanol–water partition coefficient (Wildman–Crippen LogP) is 0.540. The molecule has 0 aromatic rings. The van der Waals surface area contributed by atoms with E-state index in [-0.39, 0.29) is 12.5 Å². The number of nitrogens with zero attached hydrogens (tertiary/aromatic N) is 1. The van der Waals surface area contributed by atoms with Gasteiger partial charge < -0.3 is 9.59 Å². The highest BCUT2D eigenvalue weighted by atomic mass is 35.5. The van der Waals surface area contributed by atoms with Crippen LogP contribution in [0, 0.1) is 5.92 Å². The van der Waals surface area contributed by atoms with Gasteiger partial charge in [-0.3, -0.25) is 0 Å². The molecule has 0 saturated carbocycles. The summed E-state index contributed by atoms with van der Waals surface area (Å²) in [4.78, 5) is 0. The first kappa shape index (κ1) is 10.2. The van der Waals surface area contributed by atoms with E-state index in [0.29, 0.717) is 5.88 Å². The lowest BCUT2D eigenvalue weighted by atomic mass is 10.2. The van der Waals surface area contributed by atoms with E-state index in [1.807, 2.05) is 0 Å². The summed E-state index contributed by atoms with van der Waals surface area (Å²) < 4.78 is 0.859. The van der Waals surface area contributed by atoms with Crippen LogP contribution in [0.1, 0.15) is 0 Å². The molecule has 0 bridgehead atoms. The van der Waals surface area contributed by atoms with Crippen LogP contribution in [0.5, 0.6) is 0 Å². The number of aliphatic hydroxyl groups is 1. The third kappa shape index (κ3) is 5.03. The Bertz CT molecular complexity index is 86.1. The summed E-state index contributed by atoms with van der Waals surface area (Å²) in [6.07, 6.45) is 0. The first-order valence-electron chi connectivity index (χ1n) is 3.47. The monoisotopic (exact) mass is 166 g/mol. The number of halogens is 1. The lowest BCUT2D eigenvalue weighted by molar-refractivity contribution is -0.873. The summed E-state index contributed by atoms with van der Waals surface area (Å²) in [5, 5.41) is 8.79. The van der Waals surface area contributed by atoms with Crippen LogP contribution in [0.15, 0.2) is 0 Å². The molecule has 0 aromatic carbocycles. The highest BCUT2D eigenvalue weighted by molar-refractivity contribution is 6.18. The Balaban J connectivity index is 3.63. The van der Waals surface area contributed by atoms with Gasteiger partial charge >= 0.3 is 0 Å².